The zero-order chi connectivity index (χ0) is 16.6. The molecule has 0 fully saturated rings. The Morgan fingerprint density at radius 2 is 1.87 bits per heavy atom. The standard InChI is InChI=1S/C16H11Cl3N2O2/c1-8-3-2-4-9-15(8)20-14(21-16(9)22)7-23-13-6-11(18)10(17)5-12(13)19/h2-6H,7H2,1H3,(H,20,21,22). The van der Waals surface area contributed by atoms with Crippen LogP contribution in [0.2, 0.25) is 15.1 Å². The first kappa shape index (κ1) is 16.1. The molecule has 1 heterocycles. The van der Waals surface area contributed by atoms with Crippen molar-refractivity contribution in [3.63, 3.8) is 0 Å². The first-order valence-electron chi connectivity index (χ1n) is 6.71. The van der Waals surface area contributed by atoms with Crippen molar-refractivity contribution in [2.24, 2.45) is 0 Å². The third kappa shape index (κ3) is 3.29. The third-order valence-corrected chi connectivity index (χ3v) is 4.34. The molecule has 23 heavy (non-hydrogen) atoms. The molecule has 1 N–H and O–H groups in total. The number of nitrogens with one attached hydrogen (secondary N) is 1. The van der Waals surface area contributed by atoms with Crippen LogP contribution >= 0.6 is 34.8 Å². The Morgan fingerprint density at radius 3 is 2.65 bits per heavy atom. The second kappa shape index (κ2) is 6.40. The van der Waals surface area contributed by atoms with Crippen molar-refractivity contribution in [1.29, 1.82) is 0 Å². The number of ether oxygens (including phenoxy) is 1. The largest absolute Gasteiger partial charge is 0.484 e. The Labute approximate surface area is 147 Å². The monoisotopic (exact) mass is 368 g/mol. The summed E-state index contributed by atoms with van der Waals surface area (Å²) in [6.45, 7) is 1.95. The van der Waals surface area contributed by atoms with Crippen LogP contribution in [-0.4, -0.2) is 9.97 Å². The second-order valence-electron chi connectivity index (χ2n) is 4.97. The second-order valence-corrected chi connectivity index (χ2v) is 6.19. The molecule has 0 saturated carbocycles. The molecule has 2 aromatic carbocycles. The number of aromatic amines is 1. The van der Waals surface area contributed by atoms with E-state index in [-0.39, 0.29) is 12.2 Å². The lowest BCUT2D eigenvalue weighted by Gasteiger charge is -2.10. The van der Waals surface area contributed by atoms with E-state index in [2.05, 4.69) is 9.97 Å². The number of aryl methyl sites for hydroxylation is 1. The Bertz CT molecular complexity index is 954. The minimum atomic E-state index is -0.211. The number of nitrogens with zero attached hydrogens (tertiary/aromatic N) is 1. The van der Waals surface area contributed by atoms with Crippen LogP contribution in [0.5, 0.6) is 5.75 Å². The topological polar surface area (TPSA) is 55.0 Å². The van der Waals surface area contributed by atoms with Crippen LogP contribution in [0.3, 0.4) is 0 Å². The van der Waals surface area contributed by atoms with Crippen molar-refractivity contribution in [2.45, 2.75) is 13.5 Å². The minimum Gasteiger partial charge on any atom is -0.484 e. The van der Waals surface area contributed by atoms with Crippen molar-refractivity contribution >= 4 is 45.7 Å². The predicted molar refractivity (Wildman–Crippen MR) is 92.9 cm³/mol. The Hall–Kier alpha value is -1.75. The van der Waals surface area contributed by atoms with Gasteiger partial charge in [-0.3, -0.25) is 4.79 Å². The maximum absolute atomic E-state index is 12.1. The van der Waals surface area contributed by atoms with Crippen LogP contribution in [0.1, 0.15) is 11.4 Å². The number of halogens is 3. The van der Waals surface area contributed by atoms with E-state index in [1.807, 2.05) is 19.1 Å². The fourth-order valence-electron chi connectivity index (χ4n) is 2.18. The number of para-hydroxylation sites is 1. The molecular weight excluding hydrogens is 359 g/mol. The molecule has 0 aliphatic heterocycles. The van der Waals surface area contributed by atoms with E-state index in [9.17, 15) is 4.79 Å². The number of fused-ring (bicyclic) bond motifs is 1. The van der Waals surface area contributed by atoms with Crippen LogP contribution < -0.4 is 10.3 Å². The number of aromatic nitrogens is 2. The molecule has 0 unspecified atom stereocenters. The summed E-state index contributed by atoms with van der Waals surface area (Å²) in [5.74, 6) is 0.771. The van der Waals surface area contributed by atoms with Gasteiger partial charge in [-0.15, -0.1) is 0 Å². The molecule has 0 amide bonds. The van der Waals surface area contributed by atoms with Crippen LogP contribution in [-0.2, 0) is 6.61 Å². The van der Waals surface area contributed by atoms with E-state index in [1.54, 1.807) is 6.07 Å². The highest BCUT2D eigenvalue weighted by molar-refractivity contribution is 6.43. The summed E-state index contributed by atoms with van der Waals surface area (Å²) < 4.78 is 5.59. The van der Waals surface area contributed by atoms with Crippen molar-refractivity contribution in [2.75, 3.05) is 0 Å². The minimum absolute atomic E-state index is 0.0528. The molecule has 4 nitrogen and oxygen atoms in total. The van der Waals surface area contributed by atoms with Crippen molar-refractivity contribution in [3.05, 3.63) is 67.1 Å². The fourth-order valence-corrected chi connectivity index (χ4v) is 2.77. The highest BCUT2D eigenvalue weighted by Gasteiger charge is 2.10. The van der Waals surface area contributed by atoms with Gasteiger partial charge < -0.3 is 9.72 Å². The van der Waals surface area contributed by atoms with Gasteiger partial charge in [0.15, 0.2) is 0 Å². The van der Waals surface area contributed by atoms with E-state index in [0.29, 0.717) is 37.5 Å². The molecule has 0 aliphatic carbocycles. The number of rotatable bonds is 3. The van der Waals surface area contributed by atoms with Gasteiger partial charge in [-0.2, -0.15) is 0 Å². The zero-order valence-corrected chi connectivity index (χ0v) is 14.3. The molecule has 0 aliphatic rings. The average molecular weight is 370 g/mol. The molecule has 0 bridgehead atoms. The summed E-state index contributed by atoms with van der Waals surface area (Å²) in [5.41, 5.74) is 1.36. The smallest absolute Gasteiger partial charge is 0.258 e. The maximum atomic E-state index is 12.1. The third-order valence-electron chi connectivity index (χ3n) is 3.33. The van der Waals surface area contributed by atoms with E-state index >= 15 is 0 Å². The van der Waals surface area contributed by atoms with Crippen molar-refractivity contribution in [3.8, 4) is 5.75 Å². The molecule has 1 aromatic heterocycles. The Kier molecular flexibility index (Phi) is 4.48. The summed E-state index contributed by atoms with van der Waals surface area (Å²) in [6.07, 6.45) is 0. The van der Waals surface area contributed by atoms with Gasteiger partial charge in [0.25, 0.3) is 5.56 Å². The van der Waals surface area contributed by atoms with Crippen LogP contribution in [0, 0.1) is 6.92 Å². The van der Waals surface area contributed by atoms with E-state index < -0.39 is 0 Å². The summed E-state index contributed by atoms with van der Waals surface area (Å²) in [5, 5.41) is 1.55. The summed E-state index contributed by atoms with van der Waals surface area (Å²) in [4.78, 5) is 19.3. The van der Waals surface area contributed by atoms with Gasteiger partial charge in [-0.25, -0.2) is 4.98 Å². The van der Waals surface area contributed by atoms with E-state index in [1.165, 1.54) is 12.1 Å². The van der Waals surface area contributed by atoms with Crippen LogP contribution in [0.25, 0.3) is 10.9 Å². The SMILES string of the molecule is Cc1cccc2c(=O)[nH]c(COc3cc(Cl)c(Cl)cc3Cl)nc12. The molecule has 0 spiro atoms. The van der Waals surface area contributed by atoms with Gasteiger partial charge in [-0.05, 0) is 24.6 Å². The normalized spacial score (nSPS) is 11.0. The van der Waals surface area contributed by atoms with Gasteiger partial charge in [0.1, 0.15) is 18.2 Å². The van der Waals surface area contributed by atoms with Gasteiger partial charge in [-0.1, -0.05) is 46.9 Å². The summed E-state index contributed by atoms with van der Waals surface area (Å²) in [6, 6.07) is 8.47. The first-order chi connectivity index (χ1) is 11.0. The maximum Gasteiger partial charge on any atom is 0.258 e. The van der Waals surface area contributed by atoms with Gasteiger partial charge in [0.05, 0.1) is 26.0 Å². The van der Waals surface area contributed by atoms with Crippen LogP contribution in [0.4, 0.5) is 0 Å². The number of H-pyrrole nitrogens is 1. The predicted octanol–water partition coefficient (Wildman–Crippen LogP) is 4.77. The molecule has 0 saturated heterocycles. The van der Waals surface area contributed by atoms with Gasteiger partial charge in [0.2, 0.25) is 0 Å². The quantitative estimate of drug-likeness (QED) is 0.677. The van der Waals surface area contributed by atoms with Crippen molar-refractivity contribution in [1.82, 2.24) is 9.97 Å². The van der Waals surface area contributed by atoms with Gasteiger partial charge >= 0.3 is 0 Å². The van der Waals surface area contributed by atoms with Gasteiger partial charge in [0, 0.05) is 6.07 Å². The molecular formula is C16H11Cl3N2O2. The lowest BCUT2D eigenvalue weighted by atomic mass is 10.1. The summed E-state index contributed by atoms with van der Waals surface area (Å²) >= 11 is 17.9. The lowest BCUT2D eigenvalue weighted by Crippen LogP contribution is -2.14. The number of benzene rings is 2. The van der Waals surface area contributed by atoms with Crippen LogP contribution in [0.15, 0.2) is 35.1 Å². The van der Waals surface area contributed by atoms with Crippen molar-refractivity contribution < 1.29 is 4.74 Å². The molecule has 0 radical (unpaired) electrons. The molecule has 0 atom stereocenters. The Morgan fingerprint density at radius 1 is 1.13 bits per heavy atom. The average Bonchev–Trinajstić information content (AvgIpc) is 2.51. The highest BCUT2D eigenvalue weighted by atomic mass is 35.5. The Balaban J connectivity index is 1.92. The molecule has 3 aromatic rings. The lowest BCUT2D eigenvalue weighted by molar-refractivity contribution is 0.296. The first-order valence-corrected chi connectivity index (χ1v) is 7.85. The molecule has 3 rings (SSSR count). The fraction of sp³-hybridized carbons (Fsp3) is 0.125. The highest BCUT2D eigenvalue weighted by Crippen LogP contribution is 2.34. The number of hydrogen-bond donors (Lipinski definition) is 1. The molecule has 118 valence electrons. The van der Waals surface area contributed by atoms with E-state index in [4.69, 9.17) is 39.5 Å². The summed E-state index contributed by atoms with van der Waals surface area (Å²) in [7, 11) is 0. The number of hydrogen-bond acceptors (Lipinski definition) is 3. The zero-order valence-electron chi connectivity index (χ0n) is 12.0. The van der Waals surface area contributed by atoms with E-state index in [0.717, 1.165) is 5.56 Å². The molecule has 7 heteroatoms.